The predicted molar refractivity (Wildman–Crippen MR) is 85.7 cm³/mol. The SMILES string of the molecule is CC(C)[C@@H](N[S@](=O)C(C)(C)C)[C@@H]1C(=O)CC[C@H]1C(C)C. The molecule has 1 rings (SSSR count). The highest BCUT2D eigenvalue weighted by molar-refractivity contribution is 7.84. The summed E-state index contributed by atoms with van der Waals surface area (Å²) in [5.41, 5.74) is 0. The molecule has 3 nitrogen and oxygen atoms in total. The molecule has 0 radical (unpaired) electrons. The average Bonchev–Trinajstić information content (AvgIpc) is 2.66. The largest absolute Gasteiger partial charge is 0.299 e. The minimum Gasteiger partial charge on any atom is -0.299 e. The third kappa shape index (κ3) is 4.14. The van der Waals surface area contributed by atoms with Crippen molar-refractivity contribution in [3.05, 3.63) is 0 Å². The zero-order chi connectivity index (χ0) is 15.7. The second kappa shape index (κ2) is 6.69. The molecule has 1 fully saturated rings. The van der Waals surface area contributed by atoms with Crippen molar-refractivity contribution in [3.63, 3.8) is 0 Å². The van der Waals surface area contributed by atoms with E-state index in [0.29, 0.717) is 30.0 Å². The lowest BCUT2D eigenvalue weighted by Crippen LogP contribution is -2.49. The van der Waals surface area contributed by atoms with E-state index in [4.69, 9.17) is 0 Å². The molecule has 118 valence electrons. The van der Waals surface area contributed by atoms with E-state index in [0.717, 1.165) is 6.42 Å². The maximum Gasteiger partial charge on any atom is 0.137 e. The fraction of sp³-hybridized carbons (Fsp3) is 0.938. The third-order valence-electron chi connectivity index (χ3n) is 4.32. The van der Waals surface area contributed by atoms with Crippen molar-refractivity contribution < 1.29 is 9.00 Å². The quantitative estimate of drug-likeness (QED) is 0.847. The molecule has 1 N–H and O–H groups in total. The number of ketones is 1. The van der Waals surface area contributed by atoms with Gasteiger partial charge in [0.25, 0.3) is 0 Å². The van der Waals surface area contributed by atoms with E-state index in [1.807, 2.05) is 20.8 Å². The van der Waals surface area contributed by atoms with Crippen LogP contribution >= 0.6 is 0 Å². The van der Waals surface area contributed by atoms with E-state index >= 15 is 0 Å². The van der Waals surface area contributed by atoms with E-state index in [1.54, 1.807) is 0 Å². The van der Waals surface area contributed by atoms with Crippen LogP contribution in [0.5, 0.6) is 0 Å². The summed E-state index contributed by atoms with van der Waals surface area (Å²) < 4.78 is 15.4. The smallest absolute Gasteiger partial charge is 0.137 e. The Bertz CT molecular complexity index is 371. The van der Waals surface area contributed by atoms with Crippen molar-refractivity contribution in [1.29, 1.82) is 0 Å². The Morgan fingerprint density at radius 1 is 1.20 bits per heavy atom. The lowest BCUT2D eigenvalue weighted by atomic mass is 9.78. The van der Waals surface area contributed by atoms with E-state index in [2.05, 4.69) is 32.4 Å². The highest BCUT2D eigenvalue weighted by atomic mass is 32.2. The summed E-state index contributed by atoms with van der Waals surface area (Å²) in [4.78, 5) is 12.3. The van der Waals surface area contributed by atoms with Gasteiger partial charge >= 0.3 is 0 Å². The topological polar surface area (TPSA) is 46.2 Å². The summed E-state index contributed by atoms with van der Waals surface area (Å²) in [7, 11) is -1.13. The van der Waals surface area contributed by atoms with E-state index in [1.165, 1.54) is 0 Å². The number of carbonyl (C=O) groups is 1. The van der Waals surface area contributed by atoms with Crippen LogP contribution in [0.1, 0.15) is 61.3 Å². The van der Waals surface area contributed by atoms with Crippen LogP contribution in [0.15, 0.2) is 0 Å². The summed E-state index contributed by atoms with van der Waals surface area (Å²) in [5.74, 6) is 1.58. The van der Waals surface area contributed by atoms with Crippen LogP contribution in [0.25, 0.3) is 0 Å². The number of nitrogens with one attached hydrogen (secondary N) is 1. The van der Waals surface area contributed by atoms with Gasteiger partial charge in [-0.05, 0) is 44.9 Å². The van der Waals surface area contributed by atoms with Crippen molar-refractivity contribution >= 4 is 16.8 Å². The van der Waals surface area contributed by atoms with Crippen LogP contribution in [0.3, 0.4) is 0 Å². The van der Waals surface area contributed by atoms with Crippen molar-refractivity contribution in [2.24, 2.45) is 23.7 Å². The third-order valence-corrected chi connectivity index (χ3v) is 5.92. The molecule has 0 aromatic heterocycles. The van der Waals surface area contributed by atoms with Gasteiger partial charge in [-0.25, -0.2) is 8.93 Å². The van der Waals surface area contributed by atoms with Crippen molar-refractivity contribution in [1.82, 2.24) is 4.72 Å². The van der Waals surface area contributed by atoms with Crippen molar-refractivity contribution in [2.75, 3.05) is 0 Å². The molecule has 0 spiro atoms. The number of hydrogen-bond acceptors (Lipinski definition) is 2. The predicted octanol–water partition coefficient (Wildman–Crippen LogP) is 3.31. The molecule has 0 bridgehead atoms. The Morgan fingerprint density at radius 3 is 2.15 bits per heavy atom. The molecule has 0 amide bonds. The molecule has 4 heteroatoms. The van der Waals surface area contributed by atoms with Gasteiger partial charge in [0.15, 0.2) is 0 Å². The molecule has 0 unspecified atom stereocenters. The molecule has 20 heavy (non-hydrogen) atoms. The standard InChI is InChI=1S/C16H31NO2S/c1-10(2)12-8-9-13(18)14(12)15(11(3)4)17-20(19)16(5,6)7/h10-12,14-15,17H,8-9H2,1-7H3/t12-,14-,15+,20+/m0/s1. The van der Waals surface area contributed by atoms with E-state index in [-0.39, 0.29) is 16.7 Å². The molecule has 0 heterocycles. The maximum atomic E-state index is 12.4. The Labute approximate surface area is 126 Å². The minimum absolute atomic E-state index is 0.0115. The highest BCUT2D eigenvalue weighted by Gasteiger charge is 2.43. The number of hydrogen-bond donors (Lipinski definition) is 1. The van der Waals surface area contributed by atoms with Gasteiger partial charge < -0.3 is 0 Å². The van der Waals surface area contributed by atoms with Crippen LogP contribution < -0.4 is 4.72 Å². The van der Waals surface area contributed by atoms with Gasteiger partial charge in [-0.1, -0.05) is 27.7 Å². The molecule has 0 aromatic carbocycles. The van der Waals surface area contributed by atoms with E-state index in [9.17, 15) is 9.00 Å². The molecule has 4 atom stereocenters. The molecule has 1 aliphatic carbocycles. The lowest BCUT2D eigenvalue weighted by Gasteiger charge is -2.34. The van der Waals surface area contributed by atoms with E-state index < -0.39 is 11.0 Å². The summed E-state index contributed by atoms with van der Waals surface area (Å²) in [6.45, 7) is 14.5. The molecular formula is C16H31NO2S. The van der Waals surface area contributed by atoms with Crippen LogP contribution in [-0.2, 0) is 15.8 Å². The zero-order valence-electron chi connectivity index (χ0n) is 14.0. The molecule has 1 aliphatic rings. The minimum atomic E-state index is -1.13. The molecule has 1 saturated carbocycles. The Kier molecular flexibility index (Phi) is 5.97. The maximum absolute atomic E-state index is 12.4. The van der Waals surface area contributed by atoms with Crippen LogP contribution in [-0.4, -0.2) is 20.8 Å². The number of Topliss-reactive ketones (excluding diaryl/α,β-unsaturated/α-hetero) is 1. The second-order valence-corrected chi connectivity index (χ2v) is 9.71. The summed E-state index contributed by atoms with van der Waals surface area (Å²) in [6.07, 6.45) is 1.66. The fourth-order valence-corrected chi connectivity index (χ4v) is 4.05. The van der Waals surface area contributed by atoms with Gasteiger partial charge in [0.2, 0.25) is 0 Å². The second-order valence-electron chi connectivity index (χ2n) is 7.71. The summed E-state index contributed by atoms with van der Waals surface area (Å²) >= 11 is 0. The number of rotatable bonds is 5. The van der Waals surface area contributed by atoms with Gasteiger partial charge in [-0.15, -0.1) is 0 Å². The van der Waals surface area contributed by atoms with Crippen molar-refractivity contribution in [3.8, 4) is 0 Å². The first-order valence-corrected chi connectivity index (χ1v) is 8.91. The first kappa shape index (κ1) is 17.8. The Hall–Kier alpha value is -0.220. The first-order valence-electron chi connectivity index (χ1n) is 7.76. The highest BCUT2D eigenvalue weighted by Crippen LogP contribution is 2.38. The lowest BCUT2D eigenvalue weighted by molar-refractivity contribution is -0.122. The van der Waals surface area contributed by atoms with Gasteiger partial charge in [0, 0.05) is 18.4 Å². The molecular weight excluding hydrogens is 270 g/mol. The van der Waals surface area contributed by atoms with Crippen molar-refractivity contribution in [2.45, 2.75) is 72.1 Å². The Morgan fingerprint density at radius 2 is 1.75 bits per heavy atom. The number of carbonyl (C=O) groups excluding carboxylic acids is 1. The zero-order valence-corrected chi connectivity index (χ0v) is 14.8. The van der Waals surface area contributed by atoms with Gasteiger partial charge in [-0.2, -0.15) is 0 Å². The summed E-state index contributed by atoms with van der Waals surface area (Å²) in [5, 5.41) is 0. The van der Waals surface area contributed by atoms with Gasteiger partial charge in [-0.3, -0.25) is 4.79 Å². The average molecular weight is 301 g/mol. The van der Waals surface area contributed by atoms with Crippen LogP contribution in [0.4, 0.5) is 0 Å². The van der Waals surface area contributed by atoms with Crippen LogP contribution in [0, 0.1) is 23.7 Å². The fourth-order valence-electron chi connectivity index (χ4n) is 3.03. The van der Waals surface area contributed by atoms with Gasteiger partial charge in [0.05, 0.1) is 15.7 Å². The Balaban J connectivity index is 2.95. The normalized spacial score (nSPS) is 27.4. The molecule has 0 saturated heterocycles. The summed E-state index contributed by atoms with van der Waals surface area (Å²) in [6, 6.07) is 0.0115. The molecule has 0 aliphatic heterocycles. The monoisotopic (exact) mass is 301 g/mol. The molecule has 0 aromatic rings. The van der Waals surface area contributed by atoms with Gasteiger partial charge in [0.1, 0.15) is 5.78 Å². The first-order chi connectivity index (χ1) is 9.05. The van der Waals surface area contributed by atoms with Crippen LogP contribution in [0.2, 0.25) is 0 Å².